The molecule has 0 bridgehead atoms. The first-order valence-electron chi connectivity index (χ1n) is 8.01. The summed E-state index contributed by atoms with van der Waals surface area (Å²) in [6.07, 6.45) is 1.74. The van der Waals surface area contributed by atoms with Gasteiger partial charge in [-0.3, -0.25) is 9.78 Å². The van der Waals surface area contributed by atoms with Gasteiger partial charge in [-0.1, -0.05) is 24.3 Å². The molecule has 0 unspecified atom stereocenters. The highest BCUT2D eigenvalue weighted by Crippen LogP contribution is 2.23. The van der Waals surface area contributed by atoms with Gasteiger partial charge in [0.2, 0.25) is 5.88 Å². The molecule has 4 rings (SSSR count). The van der Waals surface area contributed by atoms with Crippen molar-refractivity contribution in [3.05, 3.63) is 84.7 Å². The summed E-state index contributed by atoms with van der Waals surface area (Å²) in [5.74, 6) is 0.609. The van der Waals surface area contributed by atoms with Crippen LogP contribution in [0.2, 0.25) is 0 Å². The molecule has 2 aromatic heterocycles. The van der Waals surface area contributed by atoms with E-state index in [0.29, 0.717) is 17.3 Å². The molecule has 0 radical (unpaired) electrons. The second kappa shape index (κ2) is 6.98. The Morgan fingerprint density at radius 2 is 1.77 bits per heavy atom. The van der Waals surface area contributed by atoms with Crippen molar-refractivity contribution in [3.63, 3.8) is 0 Å². The van der Waals surface area contributed by atoms with E-state index in [0.717, 1.165) is 10.9 Å². The highest BCUT2D eigenvalue weighted by molar-refractivity contribution is 6.02. The van der Waals surface area contributed by atoms with Gasteiger partial charge in [-0.05, 0) is 42.5 Å². The molecule has 0 aliphatic rings. The van der Waals surface area contributed by atoms with Gasteiger partial charge >= 0.3 is 0 Å². The number of nitrogens with zero attached hydrogens (tertiary/aromatic N) is 3. The maximum absolute atomic E-state index is 12.2. The average Bonchev–Trinajstić information content (AvgIpc) is 2.69. The van der Waals surface area contributed by atoms with Gasteiger partial charge in [0.15, 0.2) is 5.69 Å². The number of nitrogens with one attached hydrogen (secondary N) is 1. The van der Waals surface area contributed by atoms with Crippen LogP contribution in [0.5, 0.6) is 11.6 Å². The molecule has 6 nitrogen and oxygen atoms in total. The number of aromatic nitrogens is 3. The topological polar surface area (TPSA) is 77.0 Å². The normalized spacial score (nSPS) is 10.5. The summed E-state index contributed by atoms with van der Waals surface area (Å²) >= 11 is 0. The monoisotopic (exact) mass is 342 g/mol. The predicted molar refractivity (Wildman–Crippen MR) is 98.2 cm³/mol. The second-order valence-electron chi connectivity index (χ2n) is 5.54. The SMILES string of the molecule is O=C(Nc1ccccc1)c1ccc(Oc2ccc3ncccc3c2)nn1. The van der Waals surface area contributed by atoms with E-state index in [4.69, 9.17) is 4.74 Å². The molecule has 0 aliphatic heterocycles. The molecule has 26 heavy (non-hydrogen) atoms. The molecule has 0 saturated carbocycles. The molecule has 0 fully saturated rings. The van der Waals surface area contributed by atoms with Gasteiger partial charge in [0.05, 0.1) is 5.52 Å². The lowest BCUT2D eigenvalue weighted by molar-refractivity contribution is 0.102. The lowest BCUT2D eigenvalue weighted by atomic mass is 10.2. The lowest BCUT2D eigenvalue weighted by Gasteiger charge is -2.06. The molecule has 4 aromatic rings. The van der Waals surface area contributed by atoms with Crippen LogP contribution in [0.1, 0.15) is 10.5 Å². The van der Waals surface area contributed by atoms with Gasteiger partial charge in [-0.2, -0.15) is 0 Å². The van der Waals surface area contributed by atoms with Crippen molar-refractivity contribution >= 4 is 22.5 Å². The van der Waals surface area contributed by atoms with Gasteiger partial charge < -0.3 is 10.1 Å². The second-order valence-corrected chi connectivity index (χ2v) is 5.54. The van der Waals surface area contributed by atoms with Gasteiger partial charge in [-0.25, -0.2) is 0 Å². The Morgan fingerprint density at radius 1 is 0.885 bits per heavy atom. The van der Waals surface area contributed by atoms with E-state index in [9.17, 15) is 4.79 Å². The molecule has 0 saturated heterocycles. The summed E-state index contributed by atoms with van der Waals surface area (Å²) in [7, 11) is 0. The van der Waals surface area contributed by atoms with E-state index in [1.165, 1.54) is 0 Å². The number of para-hydroxylation sites is 1. The summed E-state index contributed by atoms with van der Waals surface area (Å²) in [5, 5.41) is 11.6. The number of carbonyl (C=O) groups is 1. The highest BCUT2D eigenvalue weighted by Gasteiger charge is 2.09. The van der Waals surface area contributed by atoms with Crippen LogP contribution in [0.4, 0.5) is 5.69 Å². The molecule has 1 amide bonds. The fourth-order valence-electron chi connectivity index (χ4n) is 2.45. The average molecular weight is 342 g/mol. The maximum atomic E-state index is 12.2. The molecular formula is C20H14N4O2. The number of carbonyl (C=O) groups excluding carboxylic acids is 1. The third-order valence-corrected chi connectivity index (χ3v) is 3.70. The number of pyridine rings is 1. The first-order valence-corrected chi connectivity index (χ1v) is 8.01. The van der Waals surface area contributed by atoms with Gasteiger partial charge in [-0.15, -0.1) is 10.2 Å². The number of rotatable bonds is 4. The van der Waals surface area contributed by atoms with E-state index >= 15 is 0 Å². The Labute approximate surface area is 149 Å². The molecule has 0 atom stereocenters. The molecule has 0 spiro atoms. The third-order valence-electron chi connectivity index (χ3n) is 3.70. The van der Waals surface area contributed by atoms with Crippen LogP contribution in [0.15, 0.2) is 79.0 Å². The molecule has 2 heterocycles. The van der Waals surface area contributed by atoms with E-state index in [1.807, 2.05) is 48.5 Å². The third kappa shape index (κ3) is 3.49. The van der Waals surface area contributed by atoms with E-state index < -0.39 is 0 Å². The van der Waals surface area contributed by atoms with Crippen LogP contribution in [0.25, 0.3) is 10.9 Å². The van der Waals surface area contributed by atoms with Crippen LogP contribution in [0, 0.1) is 0 Å². The number of benzene rings is 2. The van der Waals surface area contributed by atoms with Gasteiger partial charge in [0, 0.05) is 23.3 Å². The summed E-state index contributed by atoms with van der Waals surface area (Å²) in [4.78, 5) is 16.4. The van der Waals surface area contributed by atoms with Crippen molar-refractivity contribution in [1.82, 2.24) is 15.2 Å². The van der Waals surface area contributed by atoms with Crippen molar-refractivity contribution in [1.29, 1.82) is 0 Å². The van der Waals surface area contributed by atoms with Gasteiger partial charge in [0.1, 0.15) is 5.75 Å². The first-order chi connectivity index (χ1) is 12.8. The van der Waals surface area contributed by atoms with Crippen LogP contribution in [0.3, 0.4) is 0 Å². The summed E-state index contributed by atoms with van der Waals surface area (Å²) in [6, 6.07) is 21.7. The number of hydrogen-bond acceptors (Lipinski definition) is 5. The van der Waals surface area contributed by atoms with Crippen molar-refractivity contribution in [3.8, 4) is 11.6 Å². The highest BCUT2D eigenvalue weighted by atomic mass is 16.5. The zero-order valence-electron chi connectivity index (χ0n) is 13.7. The number of fused-ring (bicyclic) bond motifs is 1. The maximum Gasteiger partial charge on any atom is 0.276 e. The minimum Gasteiger partial charge on any atom is -0.438 e. The first kappa shape index (κ1) is 15.7. The Bertz CT molecular complexity index is 1050. The quantitative estimate of drug-likeness (QED) is 0.605. The van der Waals surface area contributed by atoms with Crippen molar-refractivity contribution in [2.75, 3.05) is 5.32 Å². The number of hydrogen-bond donors (Lipinski definition) is 1. The number of amides is 1. The van der Waals surface area contributed by atoms with Crippen LogP contribution < -0.4 is 10.1 Å². The fraction of sp³-hybridized carbons (Fsp3) is 0. The molecule has 0 aliphatic carbocycles. The Balaban J connectivity index is 1.47. The summed E-state index contributed by atoms with van der Waals surface area (Å²) in [5.41, 5.74) is 1.80. The Morgan fingerprint density at radius 3 is 2.58 bits per heavy atom. The van der Waals surface area contributed by atoms with Crippen molar-refractivity contribution in [2.45, 2.75) is 0 Å². The van der Waals surface area contributed by atoms with Crippen LogP contribution in [-0.4, -0.2) is 21.1 Å². The standard InChI is InChI=1S/C20H14N4O2/c25-20(22-15-6-2-1-3-7-15)18-10-11-19(24-23-18)26-16-8-9-17-14(13-16)5-4-12-21-17/h1-13H,(H,22,25). The van der Waals surface area contributed by atoms with E-state index in [-0.39, 0.29) is 11.6 Å². The number of ether oxygens (including phenoxy) is 1. The smallest absolute Gasteiger partial charge is 0.276 e. The lowest BCUT2D eigenvalue weighted by Crippen LogP contribution is -2.14. The molecule has 6 heteroatoms. The van der Waals surface area contributed by atoms with Crippen LogP contribution in [-0.2, 0) is 0 Å². The van der Waals surface area contributed by atoms with E-state index in [2.05, 4.69) is 20.5 Å². The summed E-state index contributed by atoms with van der Waals surface area (Å²) < 4.78 is 5.71. The molecule has 2 aromatic carbocycles. The Kier molecular flexibility index (Phi) is 4.22. The number of anilines is 1. The fourth-order valence-corrected chi connectivity index (χ4v) is 2.45. The zero-order valence-corrected chi connectivity index (χ0v) is 13.7. The minimum atomic E-state index is -0.327. The largest absolute Gasteiger partial charge is 0.438 e. The molecule has 1 N–H and O–H groups in total. The van der Waals surface area contributed by atoms with E-state index in [1.54, 1.807) is 30.5 Å². The zero-order chi connectivity index (χ0) is 17.8. The Hall–Kier alpha value is -3.80. The summed E-state index contributed by atoms with van der Waals surface area (Å²) in [6.45, 7) is 0. The molecule has 126 valence electrons. The van der Waals surface area contributed by atoms with Crippen molar-refractivity contribution < 1.29 is 9.53 Å². The minimum absolute atomic E-state index is 0.212. The van der Waals surface area contributed by atoms with Crippen molar-refractivity contribution in [2.24, 2.45) is 0 Å². The predicted octanol–water partition coefficient (Wildman–Crippen LogP) is 4.07. The van der Waals surface area contributed by atoms with Gasteiger partial charge in [0.25, 0.3) is 5.91 Å². The van der Waals surface area contributed by atoms with Crippen LogP contribution >= 0.6 is 0 Å². The molecular weight excluding hydrogens is 328 g/mol.